The molecule has 0 saturated carbocycles. The van der Waals surface area contributed by atoms with E-state index >= 15 is 0 Å². The van der Waals surface area contributed by atoms with Gasteiger partial charge in [0.05, 0.1) is 18.9 Å². The lowest BCUT2D eigenvalue weighted by molar-refractivity contribution is 0.150. The summed E-state index contributed by atoms with van der Waals surface area (Å²) in [7, 11) is 0. The average Bonchev–Trinajstić information content (AvgIpc) is 2.92. The van der Waals surface area contributed by atoms with E-state index in [0.29, 0.717) is 6.61 Å². The van der Waals surface area contributed by atoms with Crippen LogP contribution in [-0.4, -0.2) is 34.3 Å². The molecule has 3 rings (SSSR count). The van der Waals surface area contributed by atoms with Crippen LogP contribution in [0.25, 0.3) is 5.82 Å². The highest BCUT2D eigenvalue weighted by molar-refractivity contribution is 5.57. The fraction of sp³-hybridized carbons (Fsp3) is 0.333. The van der Waals surface area contributed by atoms with Crippen LogP contribution in [0.15, 0.2) is 42.4 Å². The van der Waals surface area contributed by atoms with Crippen LogP contribution in [-0.2, 0) is 4.74 Å². The molecule has 0 aliphatic carbocycles. The van der Waals surface area contributed by atoms with Gasteiger partial charge in [-0.3, -0.25) is 4.57 Å². The van der Waals surface area contributed by atoms with Gasteiger partial charge in [-0.05, 0) is 31.1 Å². The van der Waals surface area contributed by atoms with Gasteiger partial charge in [-0.15, -0.1) is 0 Å². The highest BCUT2D eigenvalue weighted by Crippen LogP contribution is 2.19. The smallest absolute Gasteiger partial charge is 0.161 e. The monoisotopic (exact) mass is 270 g/mol. The Labute approximate surface area is 118 Å². The zero-order valence-electron chi connectivity index (χ0n) is 11.5. The van der Waals surface area contributed by atoms with E-state index in [-0.39, 0.29) is 0 Å². The molecular formula is C15H18N4O. The summed E-state index contributed by atoms with van der Waals surface area (Å²) < 4.78 is 7.43. The predicted octanol–water partition coefficient (Wildman–Crippen LogP) is 2.33. The van der Waals surface area contributed by atoms with Gasteiger partial charge < -0.3 is 10.1 Å². The molecule has 5 nitrogen and oxygen atoms in total. The number of aromatic nitrogens is 3. The maximum atomic E-state index is 5.45. The van der Waals surface area contributed by atoms with E-state index in [2.05, 4.69) is 21.4 Å². The minimum atomic E-state index is 0.715. The highest BCUT2D eigenvalue weighted by Gasteiger charge is 2.09. The van der Waals surface area contributed by atoms with Gasteiger partial charge in [0.1, 0.15) is 5.82 Å². The molecule has 1 N–H and O–H groups in total. The number of anilines is 1. The molecular weight excluding hydrogens is 252 g/mol. The van der Waals surface area contributed by atoms with Gasteiger partial charge in [0.15, 0.2) is 5.82 Å². The zero-order chi connectivity index (χ0) is 13.8. The van der Waals surface area contributed by atoms with Gasteiger partial charge in [-0.2, -0.15) is 0 Å². The molecule has 20 heavy (non-hydrogen) atoms. The molecule has 104 valence electrons. The third kappa shape index (κ3) is 2.72. The summed E-state index contributed by atoms with van der Waals surface area (Å²) in [4.78, 5) is 8.70. The summed E-state index contributed by atoms with van der Waals surface area (Å²) in [5.74, 6) is 1.80. The Hall–Kier alpha value is -2.14. The van der Waals surface area contributed by atoms with Gasteiger partial charge >= 0.3 is 0 Å². The van der Waals surface area contributed by atoms with Crippen LogP contribution < -0.4 is 5.32 Å². The Morgan fingerprint density at radius 3 is 3.05 bits per heavy atom. The van der Waals surface area contributed by atoms with Gasteiger partial charge in [-0.25, -0.2) is 9.97 Å². The van der Waals surface area contributed by atoms with E-state index in [1.54, 1.807) is 12.4 Å². The lowest BCUT2D eigenvalue weighted by atomic mass is 10.2. The number of hydrogen-bond donors (Lipinski definition) is 1. The van der Waals surface area contributed by atoms with Crippen molar-refractivity contribution in [2.45, 2.75) is 13.3 Å². The zero-order valence-corrected chi connectivity index (χ0v) is 11.5. The molecule has 0 saturated heterocycles. The van der Waals surface area contributed by atoms with Crippen molar-refractivity contribution in [3.8, 4) is 5.82 Å². The summed E-state index contributed by atoms with van der Waals surface area (Å²) in [6, 6.07) is 3.97. The number of rotatable bonds is 4. The molecule has 1 aliphatic rings. The molecule has 0 aromatic carbocycles. The first-order chi connectivity index (χ1) is 9.84. The third-order valence-corrected chi connectivity index (χ3v) is 3.33. The van der Waals surface area contributed by atoms with Crippen LogP contribution in [0.4, 0.5) is 5.69 Å². The Kier molecular flexibility index (Phi) is 3.78. The maximum absolute atomic E-state index is 5.45. The maximum Gasteiger partial charge on any atom is 0.161 e. The minimum absolute atomic E-state index is 0.715. The number of imidazole rings is 1. The van der Waals surface area contributed by atoms with Gasteiger partial charge in [0, 0.05) is 25.1 Å². The quantitative estimate of drug-likeness (QED) is 0.866. The van der Waals surface area contributed by atoms with Crippen LogP contribution in [0.5, 0.6) is 0 Å². The summed E-state index contributed by atoms with van der Waals surface area (Å²) in [5, 5.41) is 3.44. The lowest BCUT2D eigenvalue weighted by Gasteiger charge is -2.16. The summed E-state index contributed by atoms with van der Waals surface area (Å²) >= 11 is 0. The first kappa shape index (κ1) is 12.9. The summed E-state index contributed by atoms with van der Waals surface area (Å²) in [6.45, 7) is 4.30. The van der Waals surface area contributed by atoms with E-state index in [1.807, 2.05) is 29.8 Å². The van der Waals surface area contributed by atoms with Crippen molar-refractivity contribution >= 4 is 5.69 Å². The molecule has 0 radical (unpaired) electrons. The van der Waals surface area contributed by atoms with Crippen molar-refractivity contribution in [3.05, 3.63) is 48.2 Å². The first-order valence-corrected chi connectivity index (χ1v) is 6.79. The van der Waals surface area contributed by atoms with Gasteiger partial charge in [0.2, 0.25) is 0 Å². The third-order valence-electron chi connectivity index (χ3n) is 3.33. The second-order valence-corrected chi connectivity index (χ2v) is 4.78. The molecule has 2 aromatic heterocycles. The normalized spacial score (nSPS) is 14.9. The number of nitrogens with zero attached hydrogens (tertiary/aromatic N) is 3. The molecule has 2 aromatic rings. The minimum Gasteiger partial charge on any atom is -0.378 e. The Morgan fingerprint density at radius 2 is 2.30 bits per heavy atom. The van der Waals surface area contributed by atoms with Gasteiger partial charge in [0.25, 0.3) is 0 Å². The number of nitrogens with one attached hydrogen (secondary N) is 1. The van der Waals surface area contributed by atoms with E-state index < -0.39 is 0 Å². The second kappa shape index (κ2) is 5.88. The molecule has 1 aliphatic heterocycles. The van der Waals surface area contributed by atoms with E-state index in [4.69, 9.17) is 4.74 Å². The van der Waals surface area contributed by atoms with Crippen molar-refractivity contribution in [3.63, 3.8) is 0 Å². The molecule has 0 spiro atoms. The van der Waals surface area contributed by atoms with E-state index in [9.17, 15) is 0 Å². The standard InChI is InChI=1S/C15H18N4O/c1-12-16-7-8-19(12)15-14(5-2-6-17-15)18-10-13-4-3-9-20-11-13/h2,4-8,18H,3,9-11H2,1H3. The van der Waals surface area contributed by atoms with Crippen LogP contribution in [0, 0.1) is 6.92 Å². The van der Waals surface area contributed by atoms with Crippen LogP contribution in [0.3, 0.4) is 0 Å². The molecule has 5 heteroatoms. The number of pyridine rings is 1. The van der Waals surface area contributed by atoms with Crippen LogP contribution in [0.2, 0.25) is 0 Å². The number of ether oxygens (including phenoxy) is 1. The summed E-state index contributed by atoms with van der Waals surface area (Å²) in [5.41, 5.74) is 2.29. The Morgan fingerprint density at radius 1 is 1.35 bits per heavy atom. The highest BCUT2D eigenvalue weighted by atomic mass is 16.5. The largest absolute Gasteiger partial charge is 0.378 e. The molecule has 0 atom stereocenters. The van der Waals surface area contributed by atoms with Crippen molar-refractivity contribution in [2.24, 2.45) is 0 Å². The van der Waals surface area contributed by atoms with Crippen molar-refractivity contribution in [1.82, 2.24) is 14.5 Å². The molecule has 0 fully saturated rings. The first-order valence-electron chi connectivity index (χ1n) is 6.79. The Balaban J connectivity index is 1.80. The molecule has 0 amide bonds. The summed E-state index contributed by atoms with van der Waals surface area (Å²) in [6.07, 6.45) is 8.74. The molecule has 0 unspecified atom stereocenters. The van der Waals surface area contributed by atoms with Crippen molar-refractivity contribution in [2.75, 3.05) is 25.1 Å². The van der Waals surface area contributed by atoms with Crippen molar-refractivity contribution in [1.29, 1.82) is 0 Å². The predicted molar refractivity (Wildman–Crippen MR) is 78.1 cm³/mol. The van der Waals surface area contributed by atoms with Crippen molar-refractivity contribution < 1.29 is 4.74 Å². The van der Waals surface area contributed by atoms with E-state index in [0.717, 1.165) is 36.9 Å². The van der Waals surface area contributed by atoms with Crippen LogP contribution in [0.1, 0.15) is 12.2 Å². The fourth-order valence-electron chi connectivity index (χ4n) is 2.27. The lowest BCUT2D eigenvalue weighted by Crippen LogP contribution is -2.15. The fourth-order valence-corrected chi connectivity index (χ4v) is 2.27. The van der Waals surface area contributed by atoms with E-state index in [1.165, 1.54) is 5.57 Å². The topological polar surface area (TPSA) is 52.0 Å². The van der Waals surface area contributed by atoms with Gasteiger partial charge in [-0.1, -0.05) is 6.08 Å². The van der Waals surface area contributed by atoms with Crippen LogP contribution >= 0.6 is 0 Å². The SMILES string of the molecule is Cc1nccn1-c1ncccc1NCC1=CCCOC1. The Bertz CT molecular complexity index is 618. The molecule has 3 heterocycles. The number of aryl methyl sites for hydroxylation is 1. The average molecular weight is 270 g/mol. The molecule has 0 bridgehead atoms. The number of hydrogen-bond acceptors (Lipinski definition) is 4. The second-order valence-electron chi connectivity index (χ2n) is 4.78.